The molecular weight excluding hydrogens is 162 g/mol. The first-order valence-electron chi connectivity index (χ1n) is 4.77. The predicted octanol–water partition coefficient (Wildman–Crippen LogP) is 1.55. The zero-order valence-corrected chi connectivity index (χ0v) is 7.88. The van der Waals surface area contributed by atoms with Crippen molar-refractivity contribution in [1.82, 2.24) is 10.3 Å². The van der Waals surface area contributed by atoms with Gasteiger partial charge >= 0.3 is 0 Å². The number of rotatable bonds is 2. The van der Waals surface area contributed by atoms with Gasteiger partial charge in [-0.05, 0) is 37.1 Å². The van der Waals surface area contributed by atoms with E-state index in [1.54, 1.807) is 0 Å². The molecule has 1 aliphatic heterocycles. The normalized spacial score (nSPS) is 21.8. The number of hydrogen-bond acceptors (Lipinski definition) is 3. The molecule has 0 aliphatic carbocycles. The molecule has 1 aliphatic rings. The maximum atomic E-state index is 4.19. The molecule has 0 saturated carbocycles. The minimum Gasteiger partial charge on any atom is -0.373 e. The van der Waals surface area contributed by atoms with Crippen LogP contribution in [0.5, 0.6) is 0 Å². The third-order valence-corrected chi connectivity index (χ3v) is 2.50. The van der Waals surface area contributed by atoms with Gasteiger partial charge in [0.25, 0.3) is 0 Å². The van der Waals surface area contributed by atoms with Gasteiger partial charge in [-0.25, -0.2) is 4.98 Å². The van der Waals surface area contributed by atoms with Crippen molar-refractivity contribution in [2.75, 3.05) is 18.9 Å². The summed E-state index contributed by atoms with van der Waals surface area (Å²) in [6.45, 7) is 1.14. The van der Waals surface area contributed by atoms with E-state index in [-0.39, 0.29) is 0 Å². The monoisotopic (exact) mass is 177 g/mol. The van der Waals surface area contributed by atoms with Crippen molar-refractivity contribution in [1.29, 1.82) is 0 Å². The molecule has 0 radical (unpaired) electrons. The highest BCUT2D eigenvalue weighted by Crippen LogP contribution is 2.23. The van der Waals surface area contributed by atoms with Gasteiger partial charge in [0.2, 0.25) is 0 Å². The van der Waals surface area contributed by atoms with E-state index < -0.39 is 0 Å². The van der Waals surface area contributed by atoms with Gasteiger partial charge in [-0.15, -0.1) is 0 Å². The van der Waals surface area contributed by atoms with E-state index in [1.165, 1.54) is 18.4 Å². The third kappa shape index (κ3) is 1.80. The summed E-state index contributed by atoms with van der Waals surface area (Å²) in [5.41, 5.74) is 1.34. The molecule has 3 nitrogen and oxygen atoms in total. The molecule has 1 aromatic heterocycles. The Morgan fingerprint density at radius 1 is 1.62 bits per heavy atom. The van der Waals surface area contributed by atoms with Crippen LogP contribution >= 0.6 is 0 Å². The number of hydrogen-bond donors (Lipinski definition) is 2. The molecule has 0 bridgehead atoms. The number of anilines is 1. The lowest BCUT2D eigenvalue weighted by atomic mass is 10.1. The average Bonchev–Trinajstić information content (AvgIpc) is 2.71. The van der Waals surface area contributed by atoms with E-state index in [2.05, 4.69) is 27.8 Å². The summed E-state index contributed by atoms with van der Waals surface area (Å²) in [5.74, 6) is 0.950. The molecule has 1 saturated heterocycles. The fourth-order valence-corrected chi connectivity index (χ4v) is 1.77. The number of nitrogens with one attached hydrogen (secondary N) is 2. The zero-order chi connectivity index (χ0) is 9.10. The van der Waals surface area contributed by atoms with Gasteiger partial charge in [0, 0.05) is 19.3 Å². The quantitative estimate of drug-likeness (QED) is 0.719. The number of pyridine rings is 1. The van der Waals surface area contributed by atoms with Gasteiger partial charge in [0.05, 0.1) is 0 Å². The zero-order valence-electron chi connectivity index (χ0n) is 7.88. The SMILES string of the molecule is CNc1cc(C2CCCN2)ccn1. The summed E-state index contributed by atoms with van der Waals surface area (Å²) in [7, 11) is 1.90. The van der Waals surface area contributed by atoms with Crippen molar-refractivity contribution in [2.45, 2.75) is 18.9 Å². The lowest BCUT2D eigenvalue weighted by molar-refractivity contribution is 0.647. The van der Waals surface area contributed by atoms with Gasteiger partial charge in [-0.2, -0.15) is 0 Å². The van der Waals surface area contributed by atoms with Crippen molar-refractivity contribution in [3.05, 3.63) is 23.9 Å². The van der Waals surface area contributed by atoms with E-state index in [0.29, 0.717) is 6.04 Å². The molecule has 0 spiro atoms. The van der Waals surface area contributed by atoms with Gasteiger partial charge in [-0.1, -0.05) is 0 Å². The molecule has 1 aromatic rings. The highest BCUT2D eigenvalue weighted by Gasteiger charge is 2.15. The molecule has 1 unspecified atom stereocenters. The first kappa shape index (κ1) is 8.51. The largest absolute Gasteiger partial charge is 0.373 e. The molecular formula is C10H15N3. The summed E-state index contributed by atoms with van der Waals surface area (Å²) in [6, 6.07) is 4.74. The molecule has 1 fully saturated rings. The molecule has 1 atom stereocenters. The van der Waals surface area contributed by atoms with Crippen LogP contribution in [0.1, 0.15) is 24.4 Å². The van der Waals surface area contributed by atoms with E-state index >= 15 is 0 Å². The van der Waals surface area contributed by atoms with Crippen molar-refractivity contribution >= 4 is 5.82 Å². The van der Waals surface area contributed by atoms with Gasteiger partial charge < -0.3 is 10.6 Å². The predicted molar refractivity (Wildman–Crippen MR) is 53.8 cm³/mol. The first-order valence-corrected chi connectivity index (χ1v) is 4.77. The topological polar surface area (TPSA) is 37.0 Å². The maximum Gasteiger partial charge on any atom is 0.125 e. The van der Waals surface area contributed by atoms with Crippen molar-refractivity contribution < 1.29 is 0 Å². The Morgan fingerprint density at radius 2 is 2.54 bits per heavy atom. The van der Waals surface area contributed by atoms with Crippen molar-refractivity contribution in [2.24, 2.45) is 0 Å². The van der Waals surface area contributed by atoms with Gasteiger partial charge in [0.15, 0.2) is 0 Å². The molecule has 3 heteroatoms. The number of nitrogens with zero attached hydrogens (tertiary/aromatic N) is 1. The highest BCUT2D eigenvalue weighted by molar-refractivity contribution is 5.38. The van der Waals surface area contributed by atoms with Crippen LogP contribution in [0.4, 0.5) is 5.82 Å². The summed E-state index contributed by atoms with van der Waals surface area (Å²) in [4.78, 5) is 4.19. The standard InChI is InChI=1S/C10H15N3/c1-11-10-7-8(4-6-13-10)9-3-2-5-12-9/h4,6-7,9,12H,2-3,5H2,1H3,(H,11,13). The second kappa shape index (κ2) is 3.75. The Bertz CT molecular complexity index is 279. The van der Waals surface area contributed by atoms with Crippen LogP contribution in [-0.4, -0.2) is 18.6 Å². The van der Waals surface area contributed by atoms with E-state index in [0.717, 1.165) is 12.4 Å². The van der Waals surface area contributed by atoms with Crippen LogP contribution in [0, 0.1) is 0 Å². The summed E-state index contributed by atoms with van der Waals surface area (Å²) >= 11 is 0. The lowest BCUT2D eigenvalue weighted by Gasteiger charge is -2.10. The second-order valence-electron chi connectivity index (χ2n) is 3.37. The fourth-order valence-electron chi connectivity index (χ4n) is 1.77. The Labute approximate surface area is 78.6 Å². The molecule has 2 N–H and O–H groups in total. The summed E-state index contributed by atoms with van der Waals surface area (Å²) in [6.07, 6.45) is 4.39. The van der Waals surface area contributed by atoms with E-state index in [4.69, 9.17) is 0 Å². The first-order chi connectivity index (χ1) is 6.40. The highest BCUT2D eigenvalue weighted by atomic mass is 15.0. The average molecular weight is 177 g/mol. The van der Waals surface area contributed by atoms with Crippen LogP contribution in [0.25, 0.3) is 0 Å². The Hall–Kier alpha value is -1.09. The van der Waals surface area contributed by atoms with Crippen molar-refractivity contribution in [3.8, 4) is 0 Å². The minimum absolute atomic E-state index is 0.537. The lowest BCUT2D eigenvalue weighted by Crippen LogP contribution is -2.13. The van der Waals surface area contributed by atoms with Crippen LogP contribution in [0.15, 0.2) is 18.3 Å². The van der Waals surface area contributed by atoms with Crippen molar-refractivity contribution in [3.63, 3.8) is 0 Å². The van der Waals surface area contributed by atoms with E-state index in [1.807, 2.05) is 13.2 Å². The molecule has 0 aromatic carbocycles. The molecule has 2 heterocycles. The van der Waals surface area contributed by atoms with Gasteiger partial charge in [-0.3, -0.25) is 0 Å². The second-order valence-corrected chi connectivity index (χ2v) is 3.37. The Kier molecular flexibility index (Phi) is 2.45. The summed E-state index contributed by atoms with van der Waals surface area (Å²) in [5, 5.41) is 6.52. The maximum absolute atomic E-state index is 4.19. The third-order valence-electron chi connectivity index (χ3n) is 2.50. The van der Waals surface area contributed by atoms with Crippen LogP contribution in [-0.2, 0) is 0 Å². The fraction of sp³-hybridized carbons (Fsp3) is 0.500. The minimum atomic E-state index is 0.537. The summed E-state index contributed by atoms with van der Waals surface area (Å²) < 4.78 is 0. The smallest absolute Gasteiger partial charge is 0.125 e. The molecule has 13 heavy (non-hydrogen) atoms. The molecule has 2 rings (SSSR count). The molecule has 0 amide bonds. The van der Waals surface area contributed by atoms with Crippen LogP contribution < -0.4 is 10.6 Å². The number of aromatic nitrogens is 1. The van der Waals surface area contributed by atoms with Gasteiger partial charge in [0.1, 0.15) is 5.82 Å². The van der Waals surface area contributed by atoms with Crippen LogP contribution in [0.3, 0.4) is 0 Å². The Morgan fingerprint density at radius 3 is 3.23 bits per heavy atom. The van der Waals surface area contributed by atoms with Crippen LogP contribution in [0.2, 0.25) is 0 Å². The molecule has 70 valence electrons. The Balaban J connectivity index is 2.18. The van der Waals surface area contributed by atoms with E-state index in [9.17, 15) is 0 Å².